The van der Waals surface area contributed by atoms with Gasteiger partial charge in [0.15, 0.2) is 15.6 Å². The molecule has 9 heteroatoms. The number of ether oxygens (including phenoxy) is 4. The van der Waals surface area contributed by atoms with Crippen LogP contribution in [0.3, 0.4) is 0 Å². The van der Waals surface area contributed by atoms with Crippen LogP contribution >= 0.6 is 0 Å². The van der Waals surface area contributed by atoms with E-state index in [4.69, 9.17) is 18.9 Å². The van der Waals surface area contributed by atoms with E-state index in [1.165, 1.54) is 46.8 Å². The maximum atomic E-state index is 12.9. The van der Waals surface area contributed by atoms with Gasteiger partial charge in [0, 0.05) is 35.4 Å². The Kier molecular flexibility index (Phi) is 9.34. The second-order valence-electron chi connectivity index (χ2n) is 7.80. The third-order valence-corrected chi connectivity index (χ3v) is 6.65. The smallest absolute Gasteiger partial charge is 0.187 e. The lowest BCUT2D eigenvalue weighted by atomic mass is 10.1. The molecule has 0 saturated carbocycles. The molecule has 0 aliphatic heterocycles. The lowest BCUT2D eigenvalue weighted by Crippen LogP contribution is -2.02. The molecule has 0 spiro atoms. The van der Waals surface area contributed by atoms with Crippen molar-refractivity contribution in [2.24, 2.45) is 0 Å². The normalized spacial score (nSPS) is 11.5. The third kappa shape index (κ3) is 7.37. The van der Waals surface area contributed by atoms with E-state index in [0.29, 0.717) is 45.4 Å². The Morgan fingerprint density at radius 1 is 0.838 bits per heavy atom. The van der Waals surface area contributed by atoms with Crippen LogP contribution in [0.15, 0.2) is 78.3 Å². The lowest BCUT2D eigenvalue weighted by molar-refractivity contribution is 0.104. The maximum absolute atomic E-state index is 12.9. The molecule has 0 unspecified atom stereocenters. The monoisotopic (exact) mass is 523 g/mol. The molecule has 0 aliphatic rings. The minimum atomic E-state index is -3.67. The van der Waals surface area contributed by atoms with Crippen LogP contribution in [0.5, 0.6) is 23.0 Å². The van der Waals surface area contributed by atoms with Crippen molar-refractivity contribution in [1.82, 2.24) is 0 Å². The number of anilines is 1. The quantitative estimate of drug-likeness (QED) is 0.258. The molecule has 1 N–H and O–H groups in total. The van der Waals surface area contributed by atoms with E-state index in [1.807, 2.05) is 6.07 Å². The third-order valence-electron chi connectivity index (χ3n) is 5.36. The van der Waals surface area contributed by atoms with Gasteiger partial charge in [-0.05, 0) is 23.8 Å². The average Bonchev–Trinajstić information content (AvgIpc) is 2.91. The van der Waals surface area contributed by atoms with Gasteiger partial charge in [-0.3, -0.25) is 4.79 Å². The largest absolute Gasteiger partial charge is 0.496 e. The number of nitrogens with one attached hydrogen (secondary N) is 1. The number of ketones is 1. The first-order valence-electron chi connectivity index (χ1n) is 11.2. The Hall–Kier alpha value is -4.24. The molecule has 0 amide bonds. The van der Waals surface area contributed by atoms with Crippen molar-refractivity contribution >= 4 is 27.4 Å². The Morgan fingerprint density at radius 2 is 1.49 bits per heavy atom. The summed E-state index contributed by atoms with van der Waals surface area (Å²) in [6, 6.07) is 17.2. The average molecular weight is 524 g/mol. The summed E-state index contributed by atoms with van der Waals surface area (Å²) in [5.41, 5.74) is 2.09. The first kappa shape index (κ1) is 27.3. The molecule has 3 rings (SSSR count). The van der Waals surface area contributed by atoms with E-state index in [-0.39, 0.29) is 11.5 Å². The van der Waals surface area contributed by atoms with Crippen LogP contribution in [0, 0.1) is 0 Å². The molecule has 8 nitrogen and oxygen atoms in total. The Morgan fingerprint density at radius 3 is 2.08 bits per heavy atom. The van der Waals surface area contributed by atoms with Crippen LogP contribution in [-0.2, 0) is 15.6 Å². The van der Waals surface area contributed by atoms with Gasteiger partial charge in [0.05, 0.1) is 45.4 Å². The van der Waals surface area contributed by atoms with Crippen molar-refractivity contribution in [1.29, 1.82) is 0 Å². The zero-order valence-electron chi connectivity index (χ0n) is 21.1. The predicted molar refractivity (Wildman–Crippen MR) is 144 cm³/mol. The van der Waals surface area contributed by atoms with Gasteiger partial charge in [0.25, 0.3) is 0 Å². The molecule has 0 aromatic heterocycles. The Balaban J connectivity index is 1.79. The maximum Gasteiger partial charge on any atom is 0.187 e. The molecule has 0 aliphatic carbocycles. The fourth-order valence-electron chi connectivity index (χ4n) is 3.51. The van der Waals surface area contributed by atoms with Crippen LogP contribution in [0.1, 0.15) is 21.5 Å². The van der Waals surface area contributed by atoms with E-state index in [0.717, 1.165) is 5.41 Å². The van der Waals surface area contributed by atoms with Crippen molar-refractivity contribution < 1.29 is 32.2 Å². The number of methoxy groups -OCH3 is 4. The zero-order valence-corrected chi connectivity index (χ0v) is 21.9. The topological polar surface area (TPSA) is 100 Å². The number of sulfone groups is 1. The summed E-state index contributed by atoms with van der Waals surface area (Å²) in [5, 5.41) is 4.13. The zero-order chi connectivity index (χ0) is 26.8. The standard InChI is InChI=1S/C28H29NO7S/c1-33-22-17-27(35-3)23(28(18-22)36-4)13-15-37(31,32)19-20-10-11-26(34-2)24(16-20)29-14-12-25(30)21-8-6-5-7-9-21/h5-18,29H,19H2,1-4H3. The highest BCUT2D eigenvalue weighted by atomic mass is 32.2. The minimum absolute atomic E-state index is 0.166. The minimum Gasteiger partial charge on any atom is -0.496 e. The summed E-state index contributed by atoms with van der Waals surface area (Å²) in [4.78, 5) is 12.3. The highest BCUT2D eigenvalue weighted by Crippen LogP contribution is 2.35. The molecule has 0 atom stereocenters. The van der Waals surface area contributed by atoms with E-state index in [2.05, 4.69) is 5.32 Å². The van der Waals surface area contributed by atoms with Crippen molar-refractivity contribution in [3.8, 4) is 23.0 Å². The molecule has 37 heavy (non-hydrogen) atoms. The molecule has 3 aromatic rings. The summed E-state index contributed by atoms with van der Waals surface area (Å²) in [7, 11) is 2.32. The predicted octanol–water partition coefficient (Wildman–Crippen LogP) is 5.12. The van der Waals surface area contributed by atoms with Crippen molar-refractivity contribution in [3.63, 3.8) is 0 Å². The fraction of sp³-hybridized carbons (Fsp3) is 0.179. The van der Waals surface area contributed by atoms with Gasteiger partial charge in [-0.15, -0.1) is 0 Å². The summed E-state index contributed by atoms with van der Waals surface area (Å²) >= 11 is 0. The fourth-order valence-corrected chi connectivity index (χ4v) is 4.60. The van der Waals surface area contributed by atoms with Gasteiger partial charge < -0.3 is 24.3 Å². The van der Waals surface area contributed by atoms with Crippen molar-refractivity contribution in [3.05, 3.63) is 95.0 Å². The van der Waals surface area contributed by atoms with Crippen LogP contribution in [0.4, 0.5) is 5.69 Å². The molecule has 3 aromatic carbocycles. The van der Waals surface area contributed by atoms with Gasteiger partial charge in [-0.1, -0.05) is 36.4 Å². The number of benzene rings is 3. The second kappa shape index (κ2) is 12.6. The van der Waals surface area contributed by atoms with Crippen LogP contribution in [0.25, 0.3) is 6.08 Å². The van der Waals surface area contributed by atoms with Gasteiger partial charge >= 0.3 is 0 Å². The van der Waals surface area contributed by atoms with Gasteiger partial charge in [-0.2, -0.15) is 0 Å². The Labute approximate surface area is 217 Å². The van der Waals surface area contributed by atoms with Crippen molar-refractivity contribution in [2.45, 2.75) is 5.75 Å². The molecular weight excluding hydrogens is 494 g/mol. The summed E-state index contributed by atoms with van der Waals surface area (Å²) in [6.07, 6.45) is 4.33. The molecule has 0 saturated heterocycles. The molecule has 194 valence electrons. The number of hydrogen-bond donors (Lipinski definition) is 1. The number of allylic oxidation sites excluding steroid dienone is 1. The number of carbonyl (C=O) groups is 1. The van der Waals surface area contributed by atoms with E-state index >= 15 is 0 Å². The van der Waals surface area contributed by atoms with Gasteiger partial charge in [0.1, 0.15) is 23.0 Å². The first-order chi connectivity index (χ1) is 17.8. The highest BCUT2D eigenvalue weighted by Gasteiger charge is 2.15. The van der Waals surface area contributed by atoms with E-state index in [9.17, 15) is 13.2 Å². The summed E-state index contributed by atoms with van der Waals surface area (Å²) in [5.74, 6) is 1.43. The lowest BCUT2D eigenvalue weighted by Gasteiger charge is -2.12. The van der Waals surface area contributed by atoms with E-state index < -0.39 is 9.84 Å². The first-order valence-corrected chi connectivity index (χ1v) is 12.9. The summed E-state index contributed by atoms with van der Waals surface area (Å²) in [6.45, 7) is 0. The second-order valence-corrected chi connectivity index (χ2v) is 9.68. The Bertz CT molecular complexity index is 1370. The summed E-state index contributed by atoms with van der Waals surface area (Å²) < 4.78 is 47.2. The number of rotatable bonds is 12. The van der Waals surface area contributed by atoms with Crippen LogP contribution in [0.2, 0.25) is 0 Å². The number of carbonyl (C=O) groups excluding carboxylic acids is 1. The van der Waals surface area contributed by atoms with E-state index in [1.54, 1.807) is 54.6 Å². The van der Waals surface area contributed by atoms with Crippen LogP contribution < -0.4 is 24.3 Å². The SMILES string of the molecule is COc1cc(OC)c(C=CS(=O)(=O)Cc2ccc(OC)c(NC=CC(=O)c3ccccc3)c2)c(OC)c1. The molecule has 0 bridgehead atoms. The highest BCUT2D eigenvalue weighted by molar-refractivity contribution is 7.93. The van der Waals surface area contributed by atoms with Gasteiger partial charge in [-0.25, -0.2) is 8.42 Å². The van der Waals surface area contributed by atoms with Crippen molar-refractivity contribution in [2.75, 3.05) is 33.8 Å². The molecule has 0 fully saturated rings. The molecular formula is C28H29NO7S. The number of hydrogen-bond acceptors (Lipinski definition) is 8. The van der Waals surface area contributed by atoms with Crippen LogP contribution in [-0.4, -0.2) is 42.6 Å². The molecule has 0 radical (unpaired) electrons. The molecule has 0 heterocycles. The van der Waals surface area contributed by atoms with Gasteiger partial charge in [0.2, 0.25) is 0 Å².